The predicted molar refractivity (Wildman–Crippen MR) is 85.7 cm³/mol. The summed E-state index contributed by atoms with van der Waals surface area (Å²) in [5.41, 5.74) is 2.66. The van der Waals surface area contributed by atoms with Gasteiger partial charge in [0, 0.05) is 10.9 Å². The van der Waals surface area contributed by atoms with Crippen molar-refractivity contribution in [3.8, 4) is 10.6 Å². The van der Waals surface area contributed by atoms with Crippen molar-refractivity contribution in [2.24, 2.45) is 0 Å². The average Bonchev–Trinajstić information content (AvgIpc) is 2.98. The molecule has 0 aliphatic rings. The third kappa shape index (κ3) is 2.54. The number of ether oxygens (including phenoxy) is 1. The van der Waals surface area contributed by atoms with Crippen LogP contribution in [0, 0.1) is 6.92 Å². The van der Waals surface area contributed by atoms with Crippen LogP contribution in [0.3, 0.4) is 0 Å². The zero-order valence-corrected chi connectivity index (χ0v) is 12.7. The number of esters is 1. The number of hydrogen-bond donors (Lipinski definition) is 0. The van der Waals surface area contributed by atoms with E-state index in [0.717, 1.165) is 16.0 Å². The Morgan fingerprint density at radius 1 is 1.19 bits per heavy atom. The van der Waals surface area contributed by atoms with E-state index >= 15 is 0 Å². The minimum absolute atomic E-state index is 0.360. The molecule has 106 valence electrons. The lowest BCUT2D eigenvalue weighted by Gasteiger charge is -2.06. The van der Waals surface area contributed by atoms with Crippen LogP contribution in [0.1, 0.15) is 23.0 Å². The summed E-state index contributed by atoms with van der Waals surface area (Å²) in [6.45, 7) is 4.25. The summed E-state index contributed by atoms with van der Waals surface area (Å²) >= 11 is 1.47. The molecule has 4 heteroatoms. The van der Waals surface area contributed by atoms with Gasteiger partial charge < -0.3 is 4.74 Å². The summed E-state index contributed by atoms with van der Waals surface area (Å²) in [6.07, 6.45) is 0. The maximum absolute atomic E-state index is 11.7. The van der Waals surface area contributed by atoms with Gasteiger partial charge in [-0.1, -0.05) is 36.4 Å². The van der Waals surface area contributed by atoms with E-state index in [0.29, 0.717) is 12.3 Å². The number of thiazole rings is 1. The van der Waals surface area contributed by atoms with E-state index in [1.165, 1.54) is 22.3 Å². The Labute approximate surface area is 127 Å². The minimum Gasteiger partial charge on any atom is -0.461 e. The first-order valence-corrected chi connectivity index (χ1v) is 7.70. The summed E-state index contributed by atoms with van der Waals surface area (Å²) in [7, 11) is 0. The third-order valence-corrected chi connectivity index (χ3v) is 4.24. The Balaban J connectivity index is 2.09. The molecule has 0 bridgehead atoms. The molecule has 2 aromatic carbocycles. The van der Waals surface area contributed by atoms with Crippen LogP contribution in [0.15, 0.2) is 41.8 Å². The monoisotopic (exact) mass is 297 g/mol. The standard InChI is InChI=1S/C17H15NO2S/c1-3-20-17(19)15-10-21-16(18-15)14-9-8-11(2)12-6-4-5-7-13(12)14/h4-10H,3H2,1-2H3. The molecule has 0 aliphatic carbocycles. The van der Waals surface area contributed by atoms with E-state index in [-0.39, 0.29) is 5.97 Å². The van der Waals surface area contributed by atoms with Gasteiger partial charge >= 0.3 is 5.97 Å². The lowest BCUT2D eigenvalue weighted by atomic mass is 10.0. The number of hydrogen-bond acceptors (Lipinski definition) is 4. The number of benzene rings is 2. The zero-order valence-electron chi connectivity index (χ0n) is 11.9. The summed E-state index contributed by atoms with van der Waals surface area (Å²) in [5, 5.41) is 4.96. The van der Waals surface area contributed by atoms with Gasteiger partial charge in [0.15, 0.2) is 5.69 Å². The molecule has 0 radical (unpaired) electrons. The van der Waals surface area contributed by atoms with Crippen molar-refractivity contribution >= 4 is 28.1 Å². The van der Waals surface area contributed by atoms with E-state index in [1.54, 1.807) is 12.3 Å². The second kappa shape index (κ2) is 5.66. The smallest absolute Gasteiger partial charge is 0.357 e. The van der Waals surface area contributed by atoms with E-state index in [2.05, 4.69) is 36.2 Å². The molecule has 3 rings (SSSR count). The number of fused-ring (bicyclic) bond motifs is 1. The van der Waals surface area contributed by atoms with Gasteiger partial charge in [-0.15, -0.1) is 11.3 Å². The second-order valence-electron chi connectivity index (χ2n) is 4.73. The number of aromatic nitrogens is 1. The number of nitrogens with zero attached hydrogens (tertiary/aromatic N) is 1. The fourth-order valence-electron chi connectivity index (χ4n) is 2.33. The molecule has 3 nitrogen and oxygen atoms in total. The zero-order chi connectivity index (χ0) is 14.8. The Morgan fingerprint density at radius 3 is 2.71 bits per heavy atom. The Kier molecular flexibility index (Phi) is 3.71. The summed E-state index contributed by atoms with van der Waals surface area (Å²) in [5.74, 6) is -0.364. The van der Waals surface area contributed by atoms with Crippen molar-refractivity contribution in [3.05, 3.63) is 53.0 Å². The van der Waals surface area contributed by atoms with Crippen molar-refractivity contribution in [1.82, 2.24) is 4.98 Å². The highest BCUT2D eigenvalue weighted by Gasteiger charge is 2.14. The Bertz CT molecular complexity index is 807. The quantitative estimate of drug-likeness (QED) is 0.670. The highest BCUT2D eigenvalue weighted by molar-refractivity contribution is 7.13. The average molecular weight is 297 g/mol. The van der Waals surface area contributed by atoms with Crippen LogP contribution in [-0.4, -0.2) is 17.6 Å². The van der Waals surface area contributed by atoms with Gasteiger partial charge in [0.1, 0.15) is 5.01 Å². The van der Waals surface area contributed by atoms with Crippen molar-refractivity contribution in [2.45, 2.75) is 13.8 Å². The Morgan fingerprint density at radius 2 is 1.95 bits per heavy atom. The molecule has 0 unspecified atom stereocenters. The van der Waals surface area contributed by atoms with Gasteiger partial charge in [0.2, 0.25) is 0 Å². The van der Waals surface area contributed by atoms with Crippen LogP contribution in [0.4, 0.5) is 0 Å². The van der Waals surface area contributed by atoms with Crippen molar-refractivity contribution in [2.75, 3.05) is 6.61 Å². The molecule has 0 fully saturated rings. The van der Waals surface area contributed by atoms with Crippen LogP contribution in [-0.2, 0) is 4.74 Å². The second-order valence-corrected chi connectivity index (χ2v) is 5.59. The lowest BCUT2D eigenvalue weighted by molar-refractivity contribution is 0.0520. The molecule has 0 atom stereocenters. The number of aryl methyl sites for hydroxylation is 1. The molecule has 3 aromatic rings. The van der Waals surface area contributed by atoms with Gasteiger partial charge in [0.25, 0.3) is 0 Å². The first kappa shape index (κ1) is 13.8. The van der Waals surface area contributed by atoms with Gasteiger partial charge in [-0.05, 0) is 30.2 Å². The summed E-state index contributed by atoms with van der Waals surface area (Å²) < 4.78 is 4.99. The number of rotatable bonds is 3. The molecule has 21 heavy (non-hydrogen) atoms. The van der Waals surface area contributed by atoms with Crippen LogP contribution in [0.5, 0.6) is 0 Å². The van der Waals surface area contributed by atoms with Crippen LogP contribution < -0.4 is 0 Å². The molecule has 0 amide bonds. The molecule has 0 saturated heterocycles. The molecule has 0 saturated carbocycles. The predicted octanol–water partition coefficient (Wildman–Crippen LogP) is 4.45. The maximum atomic E-state index is 11.7. The topological polar surface area (TPSA) is 39.2 Å². The van der Waals surface area contributed by atoms with E-state index in [9.17, 15) is 4.79 Å². The van der Waals surface area contributed by atoms with E-state index in [1.807, 2.05) is 12.1 Å². The van der Waals surface area contributed by atoms with Crippen LogP contribution in [0.25, 0.3) is 21.3 Å². The third-order valence-electron chi connectivity index (χ3n) is 3.36. The van der Waals surface area contributed by atoms with Gasteiger partial charge in [-0.2, -0.15) is 0 Å². The van der Waals surface area contributed by atoms with Gasteiger partial charge in [-0.25, -0.2) is 9.78 Å². The maximum Gasteiger partial charge on any atom is 0.357 e. The van der Waals surface area contributed by atoms with Gasteiger partial charge in [0.05, 0.1) is 6.61 Å². The fourth-order valence-corrected chi connectivity index (χ4v) is 3.16. The molecular weight excluding hydrogens is 282 g/mol. The van der Waals surface area contributed by atoms with E-state index in [4.69, 9.17) is 4.74 Å². The Hall–Kier alpha value is -2.20. The fraction of sp³-hybridized carbons (Fsp3) is 0.176. The number of carbonyl (C=O) groups excluding carboxylic acids is 1. The molecule has 1 heterocycles. The highest BCUT2D eigenvalue weighted by Crippen LogP contribution is 2.32. The first-order chi connectivity index (χ1) is 10.2. The van der Waals surface area contributed by atoms with Crippen LogP contribution in [0.2, 0.25) is 0 Å². The molecule has 1 aromatic heterocycles. The SMILES string of the molecule is CCOC(=O)c1csc(-c2ccc(C)c3ccccc23)n1. The van der Waals surface area contributed by atoms with Crippen molar-refractivity contribution < 1.29 is 9.53 Å². The minimum atomic E-state index is -0.364. The summed E-state index contributed by atoms with van der Waals surface area (Å²) in [4.78, 5) is 16.2. The molecule has 0 aliphatic heterocycles. The lowest BCUT2D eigenvalue weighted by Crippen LogP contribution is -2.04. The largest absolute Gasteiger partial charge is 0.461 e. The highest BCUT2D eigenvalue weighted by atomic mass is 32.1. The van der Waals surface area contributed by atoms with Crippen molar-refractivity contribution in [1.29, 1.82) is 0 Å². The van der Waals surface area contributed by atoms with E-state index < -0.39 is 0 Å². The number of carbonyl (C=O) groups is 1. The molecule has 0 N–H and O–H groups in total. The van der Waals surface area contributed by atoms with Crippen molar-refractivity contribution in [3.63, 3.8) is 0 Å². The summed E-state index contributed by atoms with van der Waals surface area (Å²) in [6, 6.07) is 12.4. The molecule has 0 spiro atoms. The van der Waals surface area contributed by atoms with Gasteiger partial charge in [-0.3, -0.25) is 0 Å². The first-order valence-electron chi connectivity index (χ1n) is 6.82. The normalized spacial score (nSPS) is 10.8. The molecular formula is C17H15NO2S. The van der Waals surface area contributed by atoms with Crippen LogP contribution >= 0.6 is 11.3 Å².